The Morgan fingerprint density at radius 3 is 1.71 bits per heavy atom. The number of carboxylic acids is 1. The highest BCUT2D eigenvalue weighted by atomic mass is 16.4. The minimum absolute atomic E-state index is 0.112. The molecule has 0 heterocycles. The molecule has 11 nitrogen and oxygen atoms in total. The first kappa shape index (κ1) is 31.8. The van der Waals surface area contributed by atoms with E-state index in [0.717, 1.165) is 0 Å². The summed E-state index contributed by atoms with van der Waals surface area (Å²) in [5, 5.41) is 17.5. The van der Waals surface area contributed by atoms with Crippen molar-refractivity contribution in [3.63, 3.8) is 0 Å². The van der Waals surface area contributed by atoms with Crippen LogP contribution in [0.4, 0.5) is 0 Å². The van der Waals surface area contributed by atoms with Gasteiger partial charge in [0, 0.05) is 0 Å². The second-order valence-corrected chi connectivity index (χ2v) is 9.17. The maximum Gasteiger partial charge on any atom is 0.326 e. The second-order valence-electron chi connectivity index (χ2n) is 9.17. The number of aliphatic carboxylic acids is 1. The van der Waals surface area contributed by atoms with Crippen LogP contribution in [-0.2, 0) is 19.2 Å². The summed E-state index contributed by atoms with van der Waals surface area (Å²) in [5.74, 6) is -3.06. The summed E-state index contributed by atoms with van der Waals surface area (Å²) >= 11 is 0. The fourth-order valence-corrected chi connectivity index (χ4v) is 3.30. The number of unbranched alkanes of at least 4 members (excludes halogenated alkanes) is 2. The van der Waals surface area contributed by atoms with Gasteiger partial charge in [0.15, 0.2) is 0 Å². The van der Waals surface area contributed by atoms with Gasteiger partial charge in [0.25, 0.3) is 0 Å². The van der Waals surface area contributed by atoms with Crippen LogP contribution in [0.2, 0.25) is 0 Å². The van der Waals surface area contributed by atoms with Crippen molar-refractivity contribution in [2.75, 3.05) is 13.1 Å². The van der Waals surface area contributed by atoms with Crippen molar-refractivity contribution < 1.29 is 24.3 Å². The zero-order chi connectivity index (χ0) is 26.3. The smallest absolute Gasteiger partial charge is 0.326 e. The first-order valence-corrected chi connectivity index (χ1v) is 12.3. The van der Waals surface area contributed by atoms with Crippen LogP contribution < -0.4 is 33.2 Å². The lowest BCUT2D eigenvalue weighted by molar-refractivity contribution is -0.143. The number of hydrogen-bond donors (Lipinski definition) is 7. The SMILES string of the molecule is CCC(C)C(NC(=O)C(CCCCN)NC(=O)C(N)C(C)C)C(=O)NC(CCCCN)C(=O)O. The summed E-state index contributed by atoms with van der Waals surface area (Å²) in [5.41, 5.74) is 16.9. The van der Waals surface area contributed by atoms with E-state index in [9.17, 15) is 24.3 Å². The molecule has 11 heteroatoms. The van der Waals surface area contributed by atoms with Crippen LogP contribution in [0.5, 0.6) is 0 Å². The van der Waals surface area contributed by atoms with Crippen molar-refractivity contribution in [3.05, 3.63) is 0 Å². The quantitative estimate of drug-likeness (QED) is 0.129. The third kappa shape index (κ3) is 11.8. The third-order valence-corrected chi connectivity index (χ3v) is 5.96. The van der Waals surface area contributed by atoms with Crippen molar-refractivity contribution >= 4 is 23.7 Å². The monoisotopic (exact) mass is 486 g/mol. The molecule has 0 spiro atoms. The van der Waals surface area contributed by atoms with Gasteiger partial charge in [0.2, 0.25) is 17.7 Å². The summed E-state index contributed by atoms with van der Waals surface area (Å²) in [6.07, 6.45) is 3.64. The number of carbonyl (C=O) groups excluding carboxylic acids is 3. The molecule has 0 aliphatic rings. The lowest BCUT2D eigenvalue weighted by Crippen LogP contribution is -2.59. The molecule has 0 saturated heterocycles. The summed E-state index contributed by atoms with van der Waals surface area (Å²) in [6.45, 7) is 8.17. The predicted molar refractivity (Wildman–Crippen MR) is 132 cm³/mol. The number of carbonyl (C=O) groups is 4. The van der Waals surface area contributed by atoms with Crippen LogP contribution in [0.3, 0.4) is 0 Å². The fourth-order valence-electron chi connectivity index (χ4n) is 3.30. The summed E-state index contributed by atoms with van der Waals surface area (Å²) in [6, 6.07) is -3.69. The zero-order valence-corrected chi connectivity index (χ0v) is 21.1. The maximum absolute atomic E-state index is 13.1. The van der Waals surface area contributed by atoms with Gasteiger partial charge in [-0.3, -0.25) is 14.4 Å². The van der Waals surface area contributed by atoms with Crippen LogP contribution in [0.25, 0.3) is 0 Å². The van der Waals surface area contributed by atoms with Crippen molar-refractivity contribution in [1.29, 1.82) is 0 Å². The lowest BCUT2D eigenvalue weighted by Gasteiger charge is -2.28. The number of hydrogen-bond acceptors (Lipinski definition) is 7. The van der Waals surface area contributed by atoms with E-state index in [1.807, 2.05) is 20.8 Å². The Hall–Kier alpha value is -2.24. The standard InChI is InChI=1S/C23H46N6O5/c1-5-15(4)19(22(32)28-17(23(33)34)11-7-9-13-25)29-20(30)16(10-6-8-12-24)27-21(31)18(26)14(2)3/h14-19H,5-13,24-26H2,1-4H3,(H,27,31)(H,28,32)(H,29,30)(H,33,34). The molecule has 5 atom stereocenters. The van der Waals surface area contributed by atoms with E-state index < -0.39 is 47.9 Å². The van der Waals surface area contributed by atoms with E-state index in [4.69, 9.17) is 17.2 Å². The second kappa shape index (κ2) is 17.2. The first-order chi connectivity index (χ1) is 16.0. The van der Waals surface area contributed by atoms with E-state index >= 15 is 0 Å². The number of nitrogens with one attached hydrogen (secondary N) is 3. The van der Waals surface area contributed by atoms with E-state index in [-0.39, 0.29) is 18.3 Å². The molecule has 0 aliphatic carbocycles. The van der Waals surface area contributed by atoms with Crippen molar-refractivity contribution in [2.45, 2.75) is 96.8 Å². The Labute approximate surface area is 203 Å². The van der Waals surface area contributed by atoms with Crippen LogP contribution in [0.1, 0.15) is 72.6 Å². The minimum Gasteiger partial charge on any atom is -0.480 e. The number of amides is 3. The van der Waals surface area contributed by atoms with Crippen molar-refractivity contribution in [3.8, 4) is 0 Å². The molecule has 0 aromatic heterocycles. The van der Waals surface area contributed by atoms with Gasteiger partial charge in [-0.05, 0) is 63.5 Å². The predicted octanol–water partition coefficient (Wildman–Crippen LogP) is -0.187. The molecule has 0 rings (SSSR count). The summed E-state index contributed by atoms with van der Waals surface area (Å²) < 4.78 is 0. The Kier molecular flexibility index (Phi) is 16.1. The van der Waals surface area contributed by atoms with Gasteiger partial charge in [-0.1, -0.05) is 34.1 Å². The van der Waals surface area contributed by atoms with Gasteiger partial charge in [0.1, 0.15) is 18.1 Å². The molecule has 0 aromatic rings. The Morgan fingerprint density at radius 1 is 0.765 bits per heavy atom. The van der Waals surface area contributed by atoms with Crippen molar-refractivity contribution in [1.82, 2.24) is 16.0 Å². The van der Waals surface area contributed by atoms with Gasteiger partial charge in [0.05, 0.1) is 6.04 Å². The van der Waals surface area contributed by atoms with E-state index in [0.29, 0.717) is 51.6 Å². The molecule has 0 saturated carbocycles. The Balaban J connectivity index is 5.50. The van der Waals surface area contributed by atoms with Gasteiger partial charge in [-0.2, -0.15) is 0 Å². The number of rotatable bonds is 18. The maximum atomic E-state index is 13.1. The van der Waals surface area contributed by atoms with Crippen molar-refractivity contribution in [2.24, 2.45) is 29.0 Å². The highest BCUT2D eigenvalue weighted by molar-refractivity contribution is 5.94. The number of nitrogens with two attached hydrogens (primary N) is 3. The molecule has 10 N–H and O–H groups in total. The fraction of sp³-hybridized carbons (Fsp3) is 0.826. The molecule has 3 amide bonds. The van der Waals surface area contributed by atoms with Gasteiger partial charge >= 0.3 is 5.97 Å². The minimum atomic E-state index is -1.14. The molecule has 5 unspecified atom stereocenters. The molecule has 0 radical (unpaired) electrons. The Bertz CT molecular complexity index is 645. The van der Waals surface area contributed by atoms with Gasteiger partial charge in [-0.25, -0.2) is 4.79 Å². The normalized spacial score (nSPS) is 15.6. The molecule has 34 heavy (non-hydrogen) atoms. The van der Waals surface area contributed by atoms with Crippen LogP contribution in [0.15, 0.2) is 0 Å². The molecule has 0 fully saturated rings. The van der Waals surface area contributed by atoms with E-state index in [2.05, 4.69) is 16.0 Å². The average Bonchev–Trinajstić information content (AvgIpc) is 2.79. The number of carboxylic acid groups (broad SMARTS) is 1. The highest BCUT2D eigenvalue weighted by Crippen LogP contribution is 2.12. The van der Waals surface area contributed by atoms with Crippen LogP contribution in [0, 0.1) is 11.8 Å². The summed E-state index contributed by atoms with van der Waals surface area (Å²) in [7, 11) is 0. The highest BCUT2D eigenvalue weighted by Gasteiger charge is 2.32. The molecular formula is C23H46N6O5. The molecule has 0 aromatic carbocycles. The first-order valence-electron chi connectivity index (χ1n) is 12.3. The summed E-state index contributed by atoms with van der Waals surface area (Å²) in [4.78, 5) is 50.2. The van der Waals surface area contributed by atoms with Gasteiger partial charge in [-0.15, -0.1) is 0 Å². The van der Waals surface area contributed by atoms with Crippen LogP contribution in [-0.4, -0.2) is 66.1 Å². The Morgan fingerprint density at radius 2 is 1.26 bits per heavy atom. The van der Waals surface area contributed by atoms with Gasteiger partial charge < -0.3 is 38.3 Å². The van der Waals surface area contributed by atoms with E-state index in [1.165, 1.54) is 0 Å². The molecular weight excluding hydrogens is 440 g/mol. The molecule has 198 valence electrons. The van der Waals surface area contributed by atoms with E-state index in [1.54, 1.807) is 6.92 Å². The third-order valence-electron chi connectivity index (χ3n) is 5.96. The average molecular weight is 487 g/mol. The molecule has 0 bridgehead atoms. The van der Waals surface area contributed by atoms with Crippen LogP contribution >= 0.6 is 0 Å². The largest absolute Gasteiger partial charge is 0.480 e. The topological polar surface area (TPSA) is 203 Å². The molecule has 0 aliphatic heterocycles. The zero-order valence-electron chi connectivity index (χ0n) is 21.1. The lowest BCUT2D eigenvalue weighted by atomic mass is 9.96.